The Balaban J connectivity index is 1.28. The number of aliphatic hydroxyl groups excluding tert-OH is 1. The monoisotopic (exact) mass is 669 g/mol. The van der Waals surface area contributed by atoms with E-state index in [0.717, 1.165) is 69.6 Å². The minimum atomic E-state index is -0.558. The molecule has 2 fully saturated rings. The van der Waals surface area contributed by atoms with Crippen molar-refractivity contribution in [3.63, 3.8) is 0 Å². The minimum absolute atomic E-state index is 0.0384. The van der Waals surface area contributed by atoms with Crippen molar-refractivity contribution in [2.45, 2.75) is 44.1 Å². The zero-order chi connectivity index (χ0) is 35.3. The molecule has 1 amide bonds. The van der Waals surface area contributed by atoms with Crippen molar-refractivity contribution in [3.8, 4) is 0 Å². The highest BCUT2D eigenvalue weighted by Gasteiger charge is 2.29. The smallest absolute Gasteiger partial charge is 0.227 e. The first-order valence-corrected chi connectivity index (χ1v) is 16.7. The summed E-state index contributed by atoms with van der Waals surface area (Å²) in [4.78, 5) is 30.2. The molecule has 260 valence electrons. The molecule has 49 heavy (non-hydrogen) atoms. The lowest BCUT2D eigenvalue weighted by atomic mass is 9.93. The van der Waals surface area contributed by atoms with Crippen LogP contribution >= 0.6 is 0 Å². The Kier molecular flexibility index (Phi) is 13.5. The van der Waals surface area contributed by atoms with E-state index in [-0.39, 0.29) is 29.7 Å². The molecule has 2 heterocycles. The van der Waals surface area contributed by atoms with E-state index in [1.165, 1.54) is 12.1 Å². The van der Waals surface area contributed by atoms with Crippen LogP contribution in [0.25, 0.3) is 5.57 Å². The first kappa shape index (κ1) is 36.8. The number of nitrogens with two attached hydrogens (primary N) is 1. The van der Waals surface area contributed by atoms with Crippen LogP contribution in [0.3, 0.4) is 0 Å². The molecule has 2 aromatic rings. The number of benzene rings is 2. The van der Waals surface area contributed by atoms with Crippen LogP contribution in [0, 0.1) is 16.6 Å². The van der Waals surface area contributed by atoms with E-state index in [9.17, 15) is 9.59 Å². The number of carbonyl (C=O) groups is 2. The van der Waals surface area contributed by atoms with Crippen molar-refractivity contribution in [3.05, 3.63) is 102 Å². The molecule has 2 saturated heterocycles. The van der Waals surface area contributed by atoms with Gasteiger partial charge in [0.2, 0.25) is 5.91 Å². The molecule has 0 aliphatic carbocycles. The van der Waals surface area contributed by atoms with Gasteiger partial charge in [0.05, 0.1) is 11.6 Å². The van der Waals surface area contributed by atoms with Gasteiger partial charge < -0.3 is 36.2 Å². The van der Waals surface area contributed by atoms with Crippen molar-refractivity contribution < 1.29 is 19.1 Å². The molecule has 1 unspecified atom stereocenters. The van der Waals surface area contributed by atoms with Crippen LogP contribution in [0.1, 0.15) is 49.1 Å². The van der Waals surface area contributed by atoms with Crippen LogP contribution in [-0.4, -0.2) is 86.1 Å². The first-order valence-electron chi connectivity index (χ1n) is 16.7. The van der Waals surface area contributed by atoms with Gasteiger partial charge in [-0.05, 0) is 66.8 Å². The van der Waals surface area contributed by atoms with Crippen molar-refractivity contribution in [1.29, 1.82) is 10.8 Å². The first-order chi connectivity index (χ1) is 23.6. The molecule has 4 rings (SSSR count). The number of likely N-dealkylation sites (N-methyl/N-ethyl adjacent to an activating group) is 1. The molecule has 0 bridgehead atoms. The third-order valence-corrected chi connectivity index (χ3v) is 9.17. The largest absolute Gasteiger partial charge is 0.509 e. The van der Waals surface area contributed by atoms with Gasteiger partial charge in [0.1, 0.15) is 23.7 Å². The number of nitrogens with zero attached hydrogens (tertiary/aromatic N) is 3. The lowest BCUT2D eigenvalue weighted by Crippen LogP contribution is -2.53. The Labute approximate surface area is 288 Å². The second-order valence-electron chi connectivity index (χ2n) is 12.4. The molecule has 10 nitrogen and oxygen atoms in total. The molecule has 6 N–H and O–H groups in total. The number of aldehydes is 1. The van der Waals surface area contributed by atoms with E-state index in [1.54, 1.807) is 43.5 Å². The summed E-state index contributed by atoms with van der Waals surface area (Å²) in [5.74, 6) is -1.26. The molecule has 0 radical (unpaired) electrons. The van der Waals surface area contributed by atoms with Crippen LogP contribution < -0.4 is 20.9 Å². The highest BCUT2D eigenvalue weighted by molar-refractivity contribution is 6.24. The molecular formula is C38H48FN7O3. The third-order valence-electron chi connectivity index (χ3n) is 9.17. The van der Waals surface area contributed by atoms with E-state index >= 15 is 4.39 Å². The Morgan fingerprint density at radius 3 is 2.35 bits per heavy atom. The quantitative estimate of drug-likeness (QED) is 0.0565. The number of piperazine rings is 1. The second-order valence-corrected chi connectivity index (χ2v) is 12.4. The summed E-state index contributed by atoms with van der Waals surface area (Å²) >= 11 is 0. The van der Waals surface area contributed by atoms with Gasteiger partial charge in [-0.2, -0.15) is 0 Å². The van der Waals surface area contributed by atoms with E-state index in [2.05, 4.69) is 26.6 Å². The molecule has 0 saturated carbocycles. The number of piperidine rings is 1. The molecule has 2 aliphatic heterocycles. The topological polar surface area (TPSA) is 150 Å². The van der Waals surface area contributed by atoms with Crippen LogP contribution in [0.5, 0.6) is 0 Å². The van der Waals surface area contributed by atoms with E-state index in [1.807, 2.05) is 24.3 Å². The number of carbonyl (C=O) groups excluding carboxylic acids is 2. The van der Waals surface area contributed by atoms with Crippen LogP contribution in [-0.2, 0) is 9.59 Å². The summed E-state index contributed by atoms with van der Waals surface area (Å²) < 4.78 is 15.3. The van der Waals surface area contributed by atoms with Crippen molar-refractivity contribution in [1.82, 2.24) is 10.2 Å². The van der Waals surface area contributed by atoms with Gasteiger partial charge in [0.25, 0.3) is 0 Å². The fourth-order valence-corrected chi connectivity index (χ4v) is 6.51. The lowest BCUT2D eigenvalue weighted by molar-refractivity contribution is -0.122. The Morgan fingerprint density at radius 2 is 1.76 bits per heavy atom. The Morgan fingerprint density at radius 1 is 1.06 bits per heavy atom. The molecule has 11 heteroatoms. The normalized spacial score (nSPS) is 17.0. The third kappa shape index (κ3) is 10.2. The number of halogens is 1. The van der Waals surface area contributed by atoms with Gasteiger partial charge in [-0.15, -0.1) is 0 Å². The zero-order valence-electron chi connectivity index (χ0n) is 28.2. The van der Waals surface area contributed by atoms with Crippen molar-refractivity contribution in [2.24, 2.45) is 5.73 Å². The molecule has 2 aliphatic rings. The number of aliphatic hydroxyl groups is 1. The van der Waals surface area contributed by atoms with Gasteiger partial charge in [-0.25, -0.2) is 4.39 Å². The van der Waals surface area contributed by atoms with Gasteiger partial charge in [0, 0.05) is 82.2 Å². The zero-order valence-corrected chi connectivity index (χ0v) is 28.2. The number of hydrogen-bond acceptors (Lipinski definition) is 8. The Hall–Kier alpha value is -5.03. The number of hydrogen-bond donors (Lipinski definition) is 5. The summed E-state index contributed by atoms with van der Waals surface area (Å²) in [6.07, 6.45) is 12.0. The standard InChI is InChI=1S/C38H48FN7O3/c1-27(48)7-4-3-5-8-30(40)26-34(37(41)42)28-10-13-31(14-11-28)44-18-16-32(17-19-44)45-20-22-46(23-21-45)36-15-12-29(25-35(36)39)33(9-6-24-47)38(49)43-2/h3-5,7,10-15,24-26,32-33,40,48H,1,6,8-9,16-23H2,2H3,(H3,41,42)(H,43,49)/b5-3-,7-4-,34-26-,40-30?. The highest BCUT2D eigenvalue weighted by atomic mass is 19.1. The molecule has 0 spiro atoms. The fraction of sp³-hybridized carbons (Fsp3) is 0.368. The van der Waals surface area contributed by atoms with Crippen molar-refractivity contribution >= 4 is 40.7 Å². The van der Waals surface area contributed by atoms with Gasteiger partial charge >= 0.3 is 0 Å². The number of allylic oxidation sites excluding steroid dienone is 5. The SMILES string of the molecule is C=C(O)/C=C\C=C/CC(=N)/C=C(\C(=N)N)c1ccc(N2CCC(N3CCN(c4ccc(C(CCC=O)C(=O)NC)cc4F)CC3)CC2)cc1. The van der Waals surface area contributed by atoms with Crippen LogP contribution in [0.4, 0.5) is 15.8 Å². The number of amides is 1. The average Bonchev–Trinajstić information content (AvgIpc) is 3.10. The summed E-state index contributed by atoms with van der Waals surface area (Å²) in [5, 5.41) is 28.1. The van der Waals surface area contributed by atoms with E-state index < -0.39 is 5.92 Å². The van der Waals surface area contributed by atoms with Crippen LogP contribution in [0.15, 0.2) is 85.2 Å². The second kappa shape index (κ2) is 17.9. The van der Waals surface area contributed by atoms with Crippen molar-refractivity contribution in [2.75, 3.05) is 56.1 Å². The number of nitrogens with one attached hydrogen (secondary N) is 3. The minimum Gasteiger partial charge on any atom is -0.509 e. The lowest BCUT2D eigenvalue weighted by Gasteiger charge is -2.44. The summed E-state index contributed by atoms with van der Waals surface area (Å²) in [7, 11) is 1.55. The molecule has 1 atom stereocenters. The maximum atomic E-state index is 15.3. The molecule has 0 aromatic heterocycles. The molecular weight excluding hydrogens is 621 g/mol. The fourth-order valence-electron chi connectivity index (χ4n) is 6.51. The highest BCUT2D eigenvalue weighted by Crippen LogP contribution is 2.30. The number of rotatable bonds is 15. The maximum Gasteiger partial charge on any atom is 0.227 e. The Bertz CT molecular complexity index is 1580. The maximum absolute atomic E-state index is 15.3. The summed E-state index contributed by atoms with van der Waals surface area (Å²) in [5.41, 5.74) is 9.71. The number of amidine groups is 1. The van der Waals surface area contributed by atoms with Gasteiger partial charge in [-0.1, -0.05) is 43.0 Å². The predicted molar refractivity (Wildman–Crippen MR) is 196 cm³/mol. The van der Waals surface area contributed by atoms with Crippen LogP contribution in [0.2, 0.25) is 0 Å². The van der Waals surface area contributed by atoms with Gasteiger partial charge in [0.15, 0.2) is 0 Å². The summed E-state index contributed by atoms with van der Waals surface area (Å²) in [6, 6.07) is 13.4. The molecule has 2 aromatic carbocycles. The number of anilines is 2. The van der Waals surface area contributed by atoms with E-state index in [0.29, 0.717) is 41.4 Å². The van der Waals surface area contributed by atoms with Gasteiger partial charge in [-0.3, -0.25) is 15.1 Å². The van der Waals surface area contributed by atoms with E-state index in [4.69, 9.17) is 21.7 Å². The average molecular weight is 670 g/mol. The predicted octanol–water partition coefficient (Wildman–Crippen LogP) is 5.34. The summed E-state index contributed by atoms with van der Waals surface area (Å²) in [6.45, 7) is 8.36.